The number of aliphatic hydroxyl groups excluding tert-OH is 2. The Balaban J connectivity index is 1.26. The summed E-state index contributed by atoms with van der Waals surface area (Å²) in [6.45, 7) is 0.276. The maximum Gasteiger partial charge on any atom is 0.472 e. The number of phosphoric acid groups is 1. The van der Waals surface area contributed by atoms with Gasteiger partial charge >= 0.3 is 15.4 Å². The molecule has 2 aliphatic rings. The number of nitrogens with one attached hydrogen (secondary N) is 2. The van der Waals surface area contributed by atoms with Gasteiger partial charge in [-0.1, -0.05) is 25.7 Å². The van der Waals surface area contributed by atoms with Crippen molar-refractivity contribution in [2.24, 2.45) is 11.5 Å². The largest absolute Gasteiger partial charge is 0.472 e. The van der Waals surface area contributed by atoms with E-state index < -0.39 is 71.1 Å². The molecule has 0 aliphatic carbocycles. The van der Waals surface area contributed by atoms with Gasteiger partial charge in [0, 0.05) is 91.0 Å². The second-order valence-corrected chi connectivity index (χ2v) is 25.9. The zero-order chi connectivity index (χ0) is 64.9. The molecule has 0 bridgehead atoms. The van der Waals surface area contributed by atoms with Crippen molar-refractivity contribution in [2.45, 2.75) is 197 Å². The zero-order valence-electron chi connectivity index (χ0n) is 51.8. The maximum absolute atomic E-state index is 13.8. The smallest absolute Gasteiger partial charge is 0.396 e. The lowest BCUT2D eigenvalue weighted by atomic mass is 10.0. The maximum atomic E-state index is 13.8. The van der Waals surface area contributed by atoms with E-state index in [2.05, 4.69) is 25.6 Å². The molecule has 0 spiro atoms. The second-order valence-electron chi connectivity index (χ2n) is 22.7. The van der Waals surface area contributed by atoms with E-state index in [0.717, 1.165) is 25.7 Å². The van der Waals surface area contributed by atoms with Crippen LogP contribution in [0.15, 0.2) is 12.7 Å². The number of ketones is 3. The highest BCUT2D eigenvalue weighted by Crippen LogP contribution is 2.50. The molecule has 7 atom stereocenters. The van der Waals surface area contributed by atoms with E-state index in [1.807, 2.05) is 0 Å². The molecule has 4 heterocycles. The number of unbranched alkanes of at least 4 members (excludes halogenated alkanes) is 9. The number of β-amino-alcohol motifs (C(OH)–C–C–N with tert-alkyl or cyclic N) is 1. The van der Waals surface area contributed by atoms with Gasteiger partial charge in [0.2, 0.25) is 17.7 Å². The topological polar surface area (TPSA) is 440 Å². The summed E-state index contributed by atoms with van der Waals surface area (Å²) in [6.07, 6.45) is 9.16. The first-order valence-electron chi connectivity index (χ1n) is 31.3. The number of nitrogen functional groups attached to an aromatic ring is 1. The van der Waals surface area contributed by atoms with Crippen LogP contribution in [0.2, 0.25) is 0 Å². The standard InChI is InChI=1S/C57H100N10O20P2/c1-80-42-88(76,77)84-36-49-48(33-53(86-49)67-41-64-54-55(60)62-40-63-56(54)67)87-89(78,79)85-35-43-32-47(72)34-66(43)52(75)21-7-5-3-2-4-6-20-51(74)65-57(37-81-29-22-45(70)16-8-12-25-58,38-82-30-23-46(71)17-9-13-26-59)39-83-31-24-50(73)61-27-14-10-18-44(69)19-11-15-28-68/h40-41,43,47-49,53,68,72H,2-39,42,58-59H2,1H3,(H,61,73)(H,65,74)(H,76,77)(H,78,79)(H2,60,62,63)/t43-,47+,48-,49+,53+/m0/s1. The fourth-order valence-corrected chi connectivity index (χ4v) is 12.0. The molecule has 12 N–H and O–H groups in total. The minimum absolute atomic E-state index is 0.00337. The summed E-state index contributed by atoms with van der Waals surface area (Å²) in [5, 5.41) is 25.5. The van der Waals surface area contributed by atoms with Crippen molar-refractivity contribution in [3.63, 3.8) is 0 Å². The Kier molecular flexibility index (Phi) is 37.0. The fraction of sp³-hybridized carbons (Fsp3) is 0.807. The first-order valence-corrected chi connectivity index (χ1v) is 34.5. The Hall–Kier alpha value is -4.33. The number of imidazole rings is 1. The fourth-order valence-electron chi connectivity index (χ4n) is 10.2. The number of ether oxygens (including phenoxy) is 5. The molecule has 2 aromatic heterocycles. The highest BCUT2D eigenvalue weighted by molar-refractivity contribution is 7.52. The Morgan fingerprint density at radius 3 is 1.89 bits per heavy atom. The third-order valence-corrected chi connectivity index (χ3v) is 17.2. The average molecular weight is 1310 g/mol. The predicted octanol–water partition coefficient (Wildman–Crippen LogP) is 3.58. The molecule has 0 saturated carbocycles. The van der Waals surface area contributed by atoms with Crippen molar-refractivity contribution < 1.29 is 95.2 Å². The van der Waals surface area contributed by atoms with Crippen LogP contribution in [0, 0.1) is 0 Å². The van der Waals surface area contributed by atoms with Gasteiger partial charge in [-0.2, -0.15) is 0 Å². The van der Waals surface area contributed by atoms with Crippen LogP contribution in [-0.2, 0) is 75.2 Å². The van der Waals surface area contributed by atoms with Crippen LogP contribution in [0.4, 0.5) is 5.82 Å². The molecule has 0 aromatic carbocycles. The number of hydrogen-bond acceptors (Lipinski definition) is 24. The number of hydrogen-bond donors (Lipinski definition) is 9. The minimum atomic E-state index is -4.92. The molecule has 32 heteroatoms. The molecular weight excluding hydrogens is 1210 g/mol. The van der Waals surface area contributed by atoms with Gasteiger partial charge in [-0.25, -0.2) is 19.5 Å². The third-order valence-electron chi connectivity index (χ3n) is 15.0. The molecule has 2 aliphatic heterocycles. The number of anilines is 1. The molecule has 4 rings (SSSR count). The average Bonchev–Trinajstić information content (AvgIpc) is 1.80. The zero-order valence-corrected chi connectivity index (χ0v) is 53.6. The van der Waals surface area contributed by atoms with Gasteiger partial charge in [0.25, 0.3) is 0 Å². The van der Waals surface area contributed by atoms with Crippen LogP contribution in [0.25, 0.3) is 11.2 Å². The number of nitrogens with two attached hydrogens (primary N) is 3. The lowest BCUT2D eigenvalue weighted by Gasteiger charge is -2.34. The Morgan fingerprint density at radius 2 is 1.27 bits per heavy atom. The quantitative estimate of drug-likeness (QED) is 0.0337. The molecule has 89 heavy (non-hydrogen) atoms. The molecule has 3 amide bonds. The lowest BCUT2D eigenvalue weighted by Crippen LogP contribution is -2.58. The summed E-state index contributed by atoms with van der Waals surface area (Å²) in [7, 11) is -7.95. The van der Waals surface area contributed by atoms with Crippen molar-refractivity contribution in [1.82, 2.24) is 35.1 Å². The number of amides is 3. The van der Waals surface area contributed by atoms with E-state index in [4.69, 9.17) is 59.6 Å². The Morgan fingerprint density at radius 1 is 0.697 bits per heavy atom. The van der Waals surface area contributed by atoms with Gasteiger partial charge < -0.3 is 80.9 Å². The van der Waals surface area contributed by atoms with Crippen LogP contribution in [0.3, 0.4) is 0 Å². The Bertz CT molecular complexity index is 2510. The van der Waals surface area contributed by atoms with Crippen molar-refractivity contribution >= 4 is 67.5 Å². The highest BCUT2D eigenvalue weighted by atomic mass is 31.2. The number of aliphatic hydroxyl groups is 2. The Labute approximate surface area is 521 Å². The molecular formula is C57H100N10O20P2. The molecule has 2 fully saturated rings. The number of fused-ring (bicyclic) bond motifs is 1. The number of Topliss-reactive ketones (excluding diaryl/α,β-unsaturated/α-hetero) is 3. The summed E-state index contributed by atoms with van der Waals surface area (Å²) in [6, 6.07) is -0.757. The summed E-state index contributed by atoms with van der Waals surface area (Å²) in [5.74, 6) is -0.567. The molecule has 30 nitrogen and oxygen atoms in total. The number of aromatic nitrogens is 4. The number of phosphoric ester groups is 1. The van der Waals surface area contributed by atoms with Gasteiger partial charge in [-0.3, -0.25) is 46.9 Å². The summed E-state index contributed by atoms with van der Waals surface area (Å²) in [5.41, 5.74) is 16.5. The second kappa shape index (κ2) is 42.7. The molecule has 2 saturated heterocycles. The van der Waals surface area contributed by atoms with Crippen molar-refractivity contribution in [2.75, 3.05) is 105 Å². The molecule has 2 aromatic rings. The van der Waals surface area contributed by atoms with Crippen molar-refractivity contribution in [1.29, 1.82) is 0 Å². The van der Waals surface area contributed by atoms with E-state index in [0.29, 0.717) is 115 Å². The van der Waals surface area contributed by atoms with E-state index in [1.165, 1.54) is 29.2 Å². The van der Waals surface area contributed by atoms with E-state index in [1.54, 1.807) is 0 Å². The van der Waals surface area contributed by atoms with Crippen LogP contribution in [0.1, 0.15) is 167 Å². The summed E-state index contributed by atoms with van der Waals surface area (Å²) in [4.78, 5) is 112. The molecule has 0 radical (unpaired) electrons. The van der Waals surface area contributed by atoms with Gasteiger partial charge in [0.1, 0.15) is 59.5 Å². The van der Waals surface area contributed by atoms with E-state index in [9.17, 15) is 52.8 Å². The number of nitrogens with zero attached hydrogens (tertiary/aromatic N) is 5. The SMILES string of the molecule is COCP(=O)(O)OC[C@H]1O[C@@H](n2cnc3c(N)ncnc32)C[C@@H]1OP(=O)(O)OC[C@@H]1C[C@@H](O)CN1C(=O)CCCCCCCCC(=O)NC(COCCC(=O)CCCCN)(COCCC(=O)CCCCN)COCCC(=O)NCCCCC(=O)CCCCO. The summed E-state index contributed by atoms with van der Waals surface area (Å²) >= 11 is 0. The van der Waals surface area contributed by atoms with Crippen LogP contribution in [0.5, 0.6) is 0 Å². The monoisotopic (exact) mass is 1310 g/mol. The molecule has 2 unspecified atom stereocenters. The number of carbonyl (C=O) groups excluding carboxylic acids is 6. The van der Waals surface area contributed by atoms with E-state index in [-0.39, 0.29) is 144 Å². The lowest BCUT2D eigenvalue weighted by molar-refractivity contribution is -0.133. The van der Waals surface area contributed by atoms with Gasteiger partial charge in [0.05, 0.1) is 71.3 Å². The van der Waals surface area contributed by atoms with E-state index >= 15 is 0 Å². The van der Waals surface area contributed by atoms with Gasteiger partial charge in [-0.15, -0.1) is 0 Å². The van der Waals surface area contributed by atoms with Crippen molar-refractivity contribution in [3.05, 3.63) is 12.7 Å². The van der Waals surface area contributed by atoms with Crippen LogP contribution >= 0.6 is 15.4 Å². The van der Waals surface area contributed by atoms with Crippen LogP contribution in [-0.4, -0.2) is 208 Å². The normalized spacial score (nSPS) is 19.1. The highest BCUT2D eigenvalue weighted by Gasteiger charge is 2.44. The number of rotatable bonds is 53. The third kappa shape index (κ3) is 30.8. The summed E-state index contributed by atoms with van der Waals surface area (Å²) < 4.78 is 72.7. The molecule has 508 valence electrons. The van der Waals surface area contributed by atoms with Crippen LogP contribution < -0.4 is 27.8 Å². The number of likely N-dealkylation sites (tertiary alicyclic amines) is 1. The van der Waals surface area contributed by atoms with Crippen molar-refractivity contribution in [3.8, 4) is 0 Å². The first-order chi connectivity index (χ1) is 42.7. The number of methoxy groups -OCH3 is 1. The number of carbonyl (C=O) groups is 6. The first kappa shape index (κ1) is 77.1. The van der Waals surface area contributed by atoms with Gasteiger partial charge in [0.15, 0.2) is 11.5 Å². The van der Waals surface area contributed by atoms with Gasteiger partial charge in [-0.05, 0) is 83.7 Å². The predicted molar refractivity (Wildman–Crippen MR) is 325 cm³/mol. The minimum Gasteiger partial charge on any atom is -0.396 e.